The summed E-state index contributed by atoms with van der Waals surface area (Å²) < 4.78 is 2.86. The van der Waals surface area contributed by atoms with Gasteiger partial charge in [0.15, 0.2) is 11.4 Å². The molecule has 20 heavy (non-hydrogen) atoms. The zero-order chi connectivity index (χ0) is 14.9. The van der Waals surface area contributed by atoms with Gasteiger partial charge in [-0.2, -0.15) is 10.2 Å². The minimum absolute atomic E-state index is 0.0841. The van der Waals surface area contributed by atoms with Gasteiger partial charge in [-0.05, 0) is 0 Å². The van der Waals surface area contributed by atoms with Crippen molar-refractivity contribution in [2.75, 3.05) is 12.4 Å². The third-order valence-electron chi connectivity index (χ3n) is 2.52. The van der Waals surface area contributed by atoms with E-state index < -0.39 is 11.8 Å². The second-order valence-corrected chi connectivity index (χ2v) is 4.50. The fourth-order valence-electron chi connectivity index (χ4n) is 1.66. The monoisotopic (exact) mass is 296 g/mol. The Bertz CT molecular complexity index is 675. The van der Waals surface area contributed by atoms with Gasteiger partial charge in [-0.25, -0.2) is 0 Å². The second-order valence-electron chi connectivity index (χ2n) is 4.10. The van der Waals surface area contributed by atoms with Gasteiger partial charge in [0, 0.05) is 33.5 Å². The van der Waals surface area contributed by atoms with Crippen LogP contribution >= 0.6 is 11.6 Å². The maximum atomic E-state index is 12.1. The summed E-state index contributed by atoms with van der Waals surface area (Å²) in [7, 11) is 4.79. The zero-order valence-corrected chi connectivity index (χ0v) is 11.9. The van der Waals surface area contributed by atoms with Gasteiger partial charge in [0.25, 0.3) is 11.8 Å². The molecule has 2 amide bonds. The number of amides is 2. The van der Waals surface area contributed by atoms with E-state index in [1.165, 1.54) is 28.8 Å². The van der Waals surface area contributed by atoms with Crippen molar-refractivity contribution in [1.29, 1.82) is 0 Å². The second kappa shape index (κ2) is 5.33. The van der Waals surface area contributed by atoms with Crippen LogP contribution in [-0.4, -0.2) is 38.4 Å². The highest BCUT2D eigenvalue weighted by atomic mass is 35.5. The maximum Gasteiger partial charge on any atom is 0.277 e. The Hall–Kier alpha value is -2.35. The van der Waals surface area contributed by atoms with E-state index in [0.29, 0.717) is 5.69 Å². The summed E-state index contributed by atoms with van der Waals surface area (Å²) in [4.78, 5) is 23.7. The molecule has 0 radical (unpaired) electrons. The highest BCUT2D eigenvalue weighted by molar-refractivity contribution is 6.34. The molecule has 2 rings (SSSR count). The lowest BCUT2D eigenvalue weighted by molar-refractivity contribution is 0.0958. The molecule has 0 spiro atoms. The van der Waals surface area contributed by atoms with Gasteiger partial charge in [-0.3, -0.25) is 19.0 Å². The third kappa shape index (κ3) is 2.64. The van der Waals surface area contributed by atoms with E-state index in [4.69, 9.17) is 11.6 Å². The Morgan fingerprint density at radius 1 is 1.10 bits per heavy atom. The Kier molecular flexibility index (Phi) is 3.75. The van der Waals surface area contributed by atoms with Crippen molar-refractivity contribution >= 4 is 29.1 Å². The number of nitrogens with one attached hydrogen (secondary N) is 2. The van der Waals surface area contributed by atoms with Crippen molar-refractivity contribution in [3.05, 3.63) is 28.8 Å². The Morgan fingerprint density at radius 3 is 2.25 bits per heavy atom. The number of hydrogen-bond donors (Lipinski definition) is 2. The molecule has 0 atom stereocenters. The summed E-state index contributed by atoms with van der Waals surface area (Å²) in [5.74, 6) is -0.901. The van der Waals surface area contributed by atoms with Crippen LogP contribution in [-0.2, 0) is 14.1 Å². The first kappa shape index (κ1) is 14.1. The highest BCUT2D eigenvalue weighted by Crippen LogP contribution is 2.18. The van der Waals surface area contributed by atoms with Gasteiger partial charge in [0.1, 0.15) is 0 Å². The first-order chi connectivity index (χ1) is 9.42. The summed E-state index contributed by atoms with van der Waals surface area (Å²) in [6.45, 7) is 0. The van der Waals surface area contributed by atoms with Gasteiger partial charge in [0.2, 0.25) is 0 Å². The fraction of sp³-hybridized carbons (Fsp3) is 0.273. The first-order valence-corrected chi connectivity index (χ1v) is 6.06. The molecule has 2 heterocycles. The van der Waals surface area contributed by atoms with Crippen LogP contribution in [0, 0.1) is 0 Å². The van der Waals surface area contributed by atoms with Gasteiger partial charge in [-0.1, -0.05) is 11.6 Å². The standard InChI is InChI=1S/C11H13ClN6O2/c1-13-10(19)9-7(5-18(3)16-9)14-11(20)8-6(12)4-17(2)15-8/h4-5H,1-3H3,(H,13,19)(H,14,20). The molecule has 0 aliphatic rings. The molecule has 9 heteroatoms. The van der Waals surface area contributed by atoms with Gasteiger partial charge in [0.05, 0.1) is 10.7 Å². The molecule has 106 valence electrons. The molecule has 2 aromatic heterocycles. The number of carbonyl (C=O) groups is 2. The molecule has 0 saturated heterocycles. The van der Waals surface area contributed by atoms with Gasteiger partial charge >= 0.3 is 0 Å². The number of nitrogens with zero attached hydrogens (tertiary/aromatic N) is 4. The normalized spacial score (nSPS) is 10.4. The molecular weight excluding hydrogens is 284 g/mol. The van der Waals surface area contributed by atoms with E-state index in [9.17, 15) is 9.59 Å². The van der Waals surface area contributed by atoms with Crippen LogP contribution in [0.5, 0.6) is 0 Å². The average Bonchev–Trinajstić information content (AvgIpc) is 2.91. The molecule has 0 aliphatic heterocycles. The van der Waals surface area contributed by atoms with Crippen LogP contribution in [0.25, 0.3) is 0 Å². The van der Waals surface area contributed by atoms with Crippen LogP contribution in [0.4, 0.5) is 5.69 Å². The topological polar surface area (TPSA) is 93.8 Å². The average molecular weight is 297 g/mol. The Labute approximate surface area is 119 Å². The van der Waals surface area contributed by atoms with Crippen LogP contribution in [0.3, 0.4) is 0 Å². The number of aryl methyl sites for hydroxylation is 2. The van der Waals surface area contributed by atoms with Crippen molar-refractivity contribution in [1.82, 2.24) is 24.9 Å². The van der Waals surface area contributed by atoms with E-state index in [1.54, 1.807) is 14.1 Å². The minimum atomic E-state index is -0.506. The number of halogens is 1. The number of carbonyl (C=O) groups excluding carboxylic acids is 2. The molecule has 0 saturated carbocycles. The molecule has 0 bridgehead atoms. The van der Waals surface area contributed by atoms with Crippen molar-refractivity contribution in [2.24, 2.45) is 14.1 Å². The summed E-state index contributed by atoms with van der Waals surface area (Å²) in [5, 5.41) is 13.2. The smallest absolute Gasteiger partial charge is 0.277 e. The quantitative estimate of drug-likeness (QED) is 0.858. The Morgan fingerprint density at radius 2 is 1.70 bits per heavy atom. The molecule has 0 fully saturated rings. The lowest BCUT2D eigenvalue weighted by atomic mass is 10.3. The van der Waals surface area contributed by atoms with Crippen molar-refractivity contribution < 1.29 is 9.59 Å². The molecular formula is C11H13ClN6O2. The number of hydrogen-bond acceptors (Lipinski definition) is 4. The summed E-state index contributed by atoms with van der Waals surface area (Å²) in [6, 6.07) is 0. The predicted molar refractivity (Wildman–Crippen MR) is 72.8 cm³/mol. The number of rotatable bonds is 3. The minimum Gasteiger partial charge on any atom is -0.354 e. The molecule has 2 N–H and O–H groups in total. The van der Waals surface area contributed by atoms with Crippen LogP contribution < -0.4 is 10.6 Å². The lowest BCUT2D eigenvalue weighted by Crippen LogP contribution is -2.21. The van der Waals surface area contributed by atoms with Crippen LogP contribution in [0.1, 0.15) is 21.0 Å². The van der Waals surface area contributed by atoms with Gasteiger partial charge < -0.3 is 10.6 Å². The number of anilines is 1. The Balaban J connectivity index is 2.28. The summed E-state index contributed by atoms with van der Waals surface area (Å²) >= 11 is 5.90. The number of aromatic nitrogens is 4. The van der Waals surface area contributed by atoms with E-state index in [1.807, 2.05) is 0 Å². The van der Waals surface area contributed by atoms with Crippen LogP contribution in [0.2, 0.25) is 5.02 Å². The molecule has 0 unspecified atom stereocenters. The SMILES string of the molecule is CNC(=O)c1nn(C)cc1NC(=O)c1nn(C)cc1Cl. The first-order valence-electron chi connectivity index (χ1n) is 5.68. The maximum absolute atomic E-state index is 12.1. The fourth-order valence-corrected chi connectivity index (χ4v) is 1.93. The zero-order valence-electron chi connectivity index (χ0n) is 11.1. The lowest BCUT2D eigenvalue weighted by Gasteiger charge is -2.02. The highest BCUT2D eigenvalue weighted by Gasteiger charge is 2.20. The van der Waals surface area contributed by atoms with Gasteiger partial charge in [-0.15, -0.1) is 0 Å². The van der Waals surface area contributed by atoms with E-state index in [0.717, 1.165) is 0 Å². The molecule has 0 aliphatic carbocycles. The molecule has 0 aromatic carbocycles. The van der Waals surface area contributed by atoms with E-state index in [2.05, 4.69) is 20.8 Å². The summed E-state index contributed by atoms with van der Waals surface area (Å²) in [6.07, 6.45) is 3.04. The van der Waals surface area contributed by atoms with Crippen molar-refractivity contribution in [3.63, 3.8) is 0 Å². The van der Waals surface area contributed by atoms with E-state index in [-0.39, 0.29) is 16.4 Å². The van der Waals surface area contributed by atoms with Crippen molar-refractivity contribution in [2.45, 2.75) is 0 Å². The molecule has 8 nitrogen and oxygen atoms in total. The van der Waals surface area contributed by atoms with E-state index >= 15 is 0 Å². The van der Waals surface area contributed by atoms with Crippen LogP contribution in [0.15, 0.2) is 12.4 Å². The third-order valence-corrected chi connectivity index (χ3v) is 2.79. The van der Waals surface area contributed by atoms with Crippen molar-refractivity contribution in [3.8, 4) is 0 Å². The largest absolute Gasteiger partial charge is 0.354 e. The predicted octanol–water partition coefficient (Wildman–Crippen LogP) is 0.419. The molecule has 2 aromatic rings. The summed E-state index contributed by atoms with van der Waals surface area (Å²) in [5.41, 5.74) is 0.495.